The van der Waals surface area contributed by atoms with E-state index in [9.17, 15) is 19.6 Å². The highest BCUT2D eigenvalue weighted by atomic mass is 16.6. The van der Waals surface area contributed by atoms with Crippen molar-refractivity contribution in [2.24, 2.45) is 0 Å². The van der Waals surface area contributed by atoms with Crippen LogP contribution in [0, 0.1) is 0 Å². The van der Waals surface area contributed by atoms with Crippen molar-refractivity contribution in [1.29, 1.82) is 0 Å². The molecule has 0 unspecified atom stereocenters. The molecule has 0 rings (SSSR count). The molecule has 0 saturated heterocycles. The molecule has 0 aliphatic heterocycles. The van der Waals surface area contributed by atoms with E-state index in [1.54, 1.807) is 62.3 Å². The number of carbonyl (C=O) groups excluding carboxylic acids is 3. The Bertz CT molecular complexity index is 585. The van der Waals surface area contributed by atoms with Gasteiger partial charge in [0, 0.05) is 0 Å². The average Bonchev–Trinajstić information content (AvgIpc) is 2.67. The van der Waals surface area contributed by atoms with Gasteiger partial charge in [0.15, 0.2) is 0 Å². The van der Waals surface area contributed by atoms with E-state index < -0.39 is 40.2 Å². The second-order valence-corrected chi connectivity index (χ2v) is 11.6. The number of nitrogens with one attached hydrogen (secondary N) is 1. The first-order chi connectivity index (χ1) is 16.4. The second-order valence-electron chi connectivity index (χ2n) is 11.6. The zero-order chi connectivity index (χ0) is 28.0. The molecule has 0 fully saturated rings. The number of rotatable bonds is 16. The van der Waals surface area contributed by atoms with Gasteiger partial charge in [0.25, 0.3) is 0 Å². The number of esters is 3. The molecule has 0 aromatic heterocycles. The van der Waals surface area contributed by atoms with Crippen LogP contribution in [0.5, 0.6) is 0 Å². The van der Waals surface area contributed by atoms with Crippen LogP contribution >= 0.6 is 0 Å². The van der Waals surface area contributed by atoms with Gasteiger partial charge in [-0.3, -0.25) is 14.4 Å². The predicted molar refractivity (Wildman–Crippen MR) is 131 cm³/mol. The Morgan fingerprint density at radius 1 is 0.556 bits per heavy atom. The van der Waals surface area contributed by atoms with Crippen LogP contribution in [0.3, 0.4) is 0 Å². The lowest BCUT2D eigenvalue weighted by Crippen LogP contribution is -2.55. The van der Waals surface area contributed by atoms with Crippen LogP contribution in [0.1, 0.15) is 81.6 Å². The molecule has 11 heteroatoms. The maximum Gasteiger partial charge on any atom is 0.308 e. The van der Waals surface area contributed by atoms with Crippen molar-refractivity contribution in [2.45, 2.75) is 104 Å². The third-order valence-electron chi connectivity index (χ3n) is 3.98. The standard InChI is InChI=1S/C25H47NO10/c1-22(2,3)34-19(27)10-13-31-16-25(26-30,17-32-14-11-20(28)35-23(4,5)6)18-33-15-12-21(29)36-24(7,8)9/h26,30H,10-18H2,1-9H3. The van der Waals surface area contributed by atoms with Crippen molar-refractivity contribution in [2.75, 3.05) is 39.6 Å². The van der Waals surface area contributed by atoms with Crippen LogP contribution in [0.2, 0.25) is 0 Å². The summed E-state index contributed by atoms with van der Waals surface area (Å²) in [5, 5.41) is 9.90. The third-order valence-corrected chi connectivity index (χ3v) is 3.98. The normalized spacial score (nSPS) is 12.8. The summed E-state index contributed by atoms with van der Waals surface area (Å²) in [5.41, 5.74) is -0.841. The Labute approximate surface area is 215 Å². The topological polar surface area (TPSA) is 139 Å². The molecule has 36 heavy (non-hydrogen) atoms. The van der Waals surface area contributed by atoms with Gasteiger partial charge in [0.2, 0.25) is 0 Å². The largest absolute Gasteiger partial charge is 0.460 e. The van der Waals surface area contributed by atoms with Crippen molar-refractivity contribution in [3.8, 4) is 0 Å². The van der Waals surface area contributed by atoms with E-state index in [0.717, 1.165) is 0 Å². The van der Waals surface area contributed by atoms with E-state index in [0.29, 0.717) is 0 Å². The molecule has 0 atom stereocenters. The van der Waals surface area contributed by atoms with Crippen LogP contribution < -0.4 is 5.48 Å². The molecule has 0 saturated carbocycles. The second kappa shape index (κ2) is 15.5. The molecule has 0 bridgehead atoms. The molecular weight excluding hydrogens is 474 g/mol. The molecule has 0 aliphatic carbocycles. The van der Waals surface area contributed by atoms with Gasteiger partial charge in [0.05, 0.1) is 58.9 Å². The number of hydroxylamine groups is 1. The summed E-state index contributed by atoms with van der Waals surface area (Å²) in [6.07, 6.45) is 0.0767. The highest BCUT2D eigenvalue weighted by Crippen LogP contribution is 2.13. The molecule has 0 aliphatic rings. The van der Waals surface area contributed by atoms with Gasteiger partial charge in [-0.05, 0) is 62.3 Å². The van der Waals surface area contributed by atoms with Crippen molar-refractivity contribution < 1.29 is 48.0 Å². The number of hydrogen-bond acceptors (Lipinski definition) is 11. The van der Waals surface area contributed by atoms with Gasteiger partial charge in [0.1, 0.15) is 22.3 Å². The molecule has 2 N–H and O–H groups in total. The summed E-state index contributed by atoms with van der Waals surface area (Å²) in [5.74, 6) is -1.23. The lowest BCUT2D eigenvalue weighted by molar-refractivity contribution is -0.157. The molecule has 0 aromatic rings. The monoisotopic (exact) mass is 521 g/mol. The SMILES string of the molecule is CC(C)(C)OC(=O)CCOCC(COCCC(=O)OC(C)(C)C)(COCCC(=O)OC(C)(C)C)NO. The Morgan fingerprint density at radius 2 is 0.806 bits per heavy atom. The Hall–Kier alpha value is -1.79. The minimum Gasteiger partial charge on any atom is -0.460 e. The maximum absolute atomic E-state index is 11.9. The predicted octanol–water partition coefficient (Wildman–Crippen LogP) is 2.95. The zero-order valence-corrected chi connectivity index (χ0v) is 23.5. The van der Waals surface area contributed by atoms with E-state index in [-0.39, 0.29) is 58.9 Å². The van der Waals surface area contributed by atoms with Crippen molar-refractivity contribution in [1.82, 2.24) is 5.48 Å². The van der Waals surface area contributed by atoms with Crippen LogP contribution in [0.15, 0.2) is 0 Å². The Kier molecular flexibility index (Phi) is 14.7. The lowest BCUT2D eigenvalue weighted by atomic mass is 10.1. The maximum atomic E-state index is 11.9. The van der Waals surface area contributed by atoms with Gasteiger partial charge >= 0.3 is 17.9 Å². The Balaban J connectivity index is 4.84. The fourth-order valence-electron chi connectivity index (χ4n) is 2.67. The van der Waals surface area contributed by atoms with Crippen LogP contribution in [0.4, 0.5) is 0 Å². The molecule has 212 valence electrons. The zero-order valence-electron chi connectivity index (χ0n) is 23.5. The number of hydrogen-bond donors (Lipinski definition) is 2. The fourth-order valence-corrected chi connectivity index (χ4v) is 2.67. The summed E-state index contributed by atoms with van der Waals surface area (Å²) in [7, 11) is 0. The number of carbonyl (C=O) groups is 3. The number of ether oxygens (including phenoxy) is 6. The highest BCUT2D eigenvalue weighted by molar-refractivity contribution is 5.70. The fraction of sp³-hybridized carbons (Fsp3) is 0.880. The van der Waals surface area contributed by atoms with Crippen LogP contribution in [-0.2, 0) is 42.8 Å². The highest BCUT2D eigenvalue weighted by Gasteiger charge is 2.32. The van der Waals surface area contributed by atoms with Gasteiger partial charge in [-0.1, -0.05) is 0 Å². The van der Waals surface area contributed by atoms with Crippen molar-refractivity contribution >= 4 is 17.9 Å². The minimum absolute atomic E-state index is 0.0256. The molecule has 0 aromatic carbocycles. The molecule has 0 amide bonds. The van der Waals surface area contributed by atoms with Gasteiger partial charge in [-0.2, -0.15) is 5.48 Å². The summed E-state index contributed by atoms with van der Waals surface area (Å²) in [6, 6.07) is 0. The molecule has 0 heterocycles. The Morgan fingerprint density at radius 3 is 1.00 bits per heavy atom. The summed E-state index contributed by atoms with van der Waals surface area (Å²) < 4.78 is 32.5. The molecule has 0 radical (unpaired) electrons. The van der Waals surface area contributed by atoms with Gasteiger partial charge < -0.3 is 33.6 Å². The minimum atomic E-state index is -1.21. The van der Waals surface area contributed by atoms with E-state index in [2.05, 4.69) is 5.48 Å². The third kappa shape index (κ3) is 19.4. The molecular formula is C25H47NO10. The quantitative estimate of drug-likeness (QED) is 0.134. The van der Waals surface area contributed by atoms with Crippen LogP contribution in [0.25, 0.3) is 0 Å². The average molecular weight is 522 g/mol. The van der Waals surface area contributed by atoms with Crippen LogP contribution in [-0.4, -0.2) is 85.1 Å². The van der Waals surface area contributed by atoms with Gasteiger partial charge in [-0.25, -0.2) is 0 Å². The lowest BCUT2D eigenvalue weighted by Gasteiger charge is -2.31. The van der Waals surface area contributed by atoms with Gasteiger partial charge in [-0.15, -0.1) is 0 Å². The van der Waals surface area contributed by atoms with E-state index >= 15 is 0 Å². The molecule has 0 spiro atoms. The summed E-state index contributed by atoms with van der Waals surface area (Å²) in [4.78, 5) is 35.7. The smallest absolute Gasteiger partial charge is 0.308 e. The summed E-state index contributed by atoms with van der Waals surface area (Å²) in [6.45, 7) is 15.9. The van der Waals surface area contributed by atoms with E-state index in [1.165, 1.54) is 0 Å². The van der Waals surface area contributed by atoms with E-state index in [4.69, 9.17) is 28.4 Å². The first kappa shape index (κ1) is 34.2. The first-order valence-corrected chi connectivity index (χ1v) is 12.2. The first-order valence-electron chi connectivity index (χ1n) is 12.2. The van der Waals surface area contributed by atoms with E-state index in [1.807, 2.05) is 0 Å². The molecule has 11 nitrogen and oxygen atoms in total. The van der Waals surface area contributed by atoms with Crippen molar-refractivity contribution in [3.63, 3.8) is 0 Å². The summed E-state index contributed by atoms with van der Waals surface area (Å²) >= 11 is 0. The van der Waals surface area contributed by atoms with Crippen molar-refractivity contribution in [3.05, 3.63) is 0 Å².